The Hall–Kier alpha value is -1.30. The van der Waals surface area contributed by atoms with Gasteiger partial charge in [0, 0.05) is 5.92 Å². The summed E-state index contributed by atoms with van der Waals surface area (Å²) in [6.45, 7) is 6.02. The molecule has 0 saturated carbocycles. The third-order valence-corrected chi connectivity index (χ3v) is 2.47. The van der Waals surface area contributed by atoms with Crippen LogP contribution in [0, 0.1) is 0 Å². The molecule has 0 N–H and O–H groups in total. The van der Waals surface area contributed by atoms with Crippen LogP contribution in [0.1, 0.15) is 37.7 Å². The van der Waals surface area contributed by atoms with Crippen LogP contribution in [-0.4, -0.2) is 0 Å². The van der Waals surface area contributed by atoms with Crippen molar-refractivity contribution < 1.29 is 0 Å². The first-order chi connectivity index (χ1) is 7.38. The smallest absolute Gasteiger partial charge is 0.00523 e. The standard InChI is InChI=1S/C15H20/c1-3-5-7-11-14(10-4-2)15-12-8-6-9-13-15/h4,6-9,11-14H,2-3,5,10H2,1H3. The van der Waals surface area contributed by atoms with Gasteiger partial charge in [0.2, 0.25) is 0 Å². The zero-order valence-corrected chi connectivity index (χ0v) is 9.52. The average molecular weight is 200 g/mol. The maximum atomic E-state index is 3.82. The summed E-state index contributed by atoms with van der Waals surface area (Å²) in [4.78, 5) is 0. The molecule has 0 heteroatoms. The predicted octanol–water partition coefficient (Wildman–Crippen LogP) is 4.70. The number of benzene rings is 1. The van der Waals surface area contributed by atoms with Gasteiger partial charge in [0.05, 0.1) is 0 Å². The lowest BCUT2D eigenvalue weighted by Crippen LogP contribution is -1.92. The zero-order valence-electron chi connectivity index (χ0n) is 9.52. The first-order valence-corrected chi connectivity index (χ1v) is 5.71. The van der Waals surface area contributed by atoms with Gasteiger partial charge < -0.3 is 0 Å². The fourth-order valence-electron chi connectivity index (χ4n) is 1.63. The molecule has 0 saturated heterocycles. The van der Waals surface area contributed by atoms with E-state index in [9.17, 15) is 0 Å². The van der Waals surface area contributed by atoms with Crippen LogP contribution in [-0.2, 0) is 0 Å². The lowest BCUT2D eigenvalue weighted by atomic mass is 9.95. The van der Waals surface area contributed by atoms with Crippen molar-refractivity contribution in [2.75, 3.05) is 0 Å². The van der Waals surface area contributed by atoms with Crippen molar-refractivity contribution in [3.63, 3.8) is 0 Å². The van der Waals surface area contributed by atoms with Crippen LogP contribution >= 0.6 is 0 Å². The third-order valence-electron chi connectivity index (χ3n) is 2.47. The van der Waals surface area contributed by atoms with E-state index in [-0.39, 0.29) is 0 Å². The minimum Gasteiger partial charge on any atom is -0.103 e. The quantitative estimate of drug-likeness (QED) is 0.584. The Balaban J connectivity index is 2.69. The summed E-state index contributed by atoms with van der Waals surface area (Å²) in [5.41, 5.74) is 1.38. The second-order valence-electron chi connectivity index (χ2n) is 3.76. The number of hydrogen-bond donors (Lipinski definition) is 0. The lowest BCUT2D eigenvalue weighted by molar-refractivity contribution is 0.850. The Morgan fingerprint density at radius 2 is 2.00 bits per heavy atom. The summed E-state index contributed by atoms with van der Waals surface area (Å²) in [6.07, 6.45) is 9.98. The summed E-state index contributed by atoms with van der Waals surface area (Å²) in [5, 5.41) is 0. The molecular formula is C15H20. The highest BCUT2D eigenvalue weighted by atomic mass is 14.1. The van der Waals surface area contributed by atoms with Crippen molar-refractivity contribution in [1.82, 2.24) is 0 Å². The van der Waals surface area contributed by atoms with Gasteiger partial charge in [-0.2, -0.15) is 0 Å². The van der Waals surface area contributed by atoms with Gasteiger partial charge in [-0.1, -0.05) is 61.9 Å². The Morgan fingerprint density at radius 3 is 2.60 bits per heavy atom. The Morgan fingerprint density at radius 1 is 1.27 bits per heavy atom. The maximum absolute atomic E-state index is 3.82. The van der Waals surface area contributed by atoms with Gasteiger partial charge in [0.25, 0.3) is 0 Å². The Labute approximate surface area is 93.3 Å². The lowest BCUT2D eigenvalue weighted by Gasteiger charge is -2.10. The molecular weight excluding hydrogens is 180 g/mol. The molecule has 1 aromatic carbocycles. The number of allylic oxidation sites excluding steroid dienone is 3. The summed E-state index contributed by atoms with van der Waals surface area (Å²) in [6, 6.07) is 10.6. The van der Waals surface area contributed by atoms with Gasteiger partial charge >= 0.3 is 0 Å². The molecule has 0 radical (unpaired) electrons. The van der Waals surface area contributed by atoms with Crippen molar-refractivity contribution in [3.8, 4) is 0 Å². The van der Waals surface area contributed by atoms with Crippen LogP contribution in [0.15, 0.2) is 55.1 Å². The number of unbranched alkanes of at least 4 members (excludes halogenated alkanes) is 1. The number of hydrogen-bond acceptors (Lipinski definition) is 0. The molecule has 0 aliphatic carbocycles. The van der Waals surface area contributed by atoms with E-state index in [1.807, 2.05) is 6.08 Å². The third kappa shape index (κ3) is 4.16. The zero-order chi connectivity index (χ0) is 10.9. The van der Waals surface area contributed by atoms with E-state index in [0.717, 1.165) is 6.42 Å². The van der Waals surface area contributed by atoms with Crippen molar-refractivity contribution in [3.05, 3.63) is 60.7 Å². The van der Waals surface area contributed by atoms with Crippen molar-refractivity contribution in [2.24, 2.45) is 0 Å². The molecule has 0 heterocycles. The van der Waals surface area contributed by atoms with E-state index in [4.69, 9.17) is 0 Å². The molecule has 0 amide bonds. The van der Waals surface area contributed by atoms with E-state index in [0.29, 0.717) is 5.92 Å². The normalized spacial score (nSPS) is 12.9. The molecule has 1 atom stereocenters. The molecule has 1 unspecified atom stereocenters. The van der Waals surface area contributed by atoms with Crippen LogP contribution in [0.5, 0.6) is 0 Å². The molecule has 0 nitrogen and oxygen atoms in total. The van der Waals surface area contributed by atoms with Gasteiger partial charge in [-0.3, -0.25) is 0 Å². The van der Waals surface area contributed by atoms with Crippen LogP contribution in [0.4, 0.5) is 0 Å². The summed E-state index contributed by atoms with van der Waals surface area (Å²) >= 11 is 0. The summed E-state index contributed by atoms with van der Waals surface area (Å²) in [5.74, 6) is 0.496. The maximum Gasteiger partial charge on any atom is 0.00523 e. The van der Waals surface area contributed by atoms with Crippen LogP contribution in [0.2, 0.25) is 0 Å². The molecule has 0 aliphatic rings. The van der Waals surface area contributed by atoms with Gasteiger partial charge in [-0.05, 0) is 18.4 Å². The fraction of sp³-hybridized carbons (Fsp3) is 0.333. The minimum atomic E-state index is 0.496. The molecule has 80 valence electrons. The molecule has 0 aromatic heterocycles. The Kier molecular flexibility index (Phi) is 5.54. The second kappa shape index (κ2) is 7.05. The highest BCUT2D eigenvalue weighted by Crippen LogP contribution is 2.21. The summed E-state index contributed by atoms with van der Waals surface area (Å²) < 4.78 is 0. The molecule has 1 rings (SSSR count). The SMILES string of the molecule is C=CCC(C=CCCC)c1ccccc1. The highest BCUT2D eigenvalue weighted by molar-refractivity contribution is 5.24. The summed E-state index contributed by atoms with van der Waals surface area (Å²) in [7, 11) is 0. The van der Waals surface area contributed by atoms with Gasteiger partial charge in [0.15, 0.2) is 0 Å². The molecule has 1 aromatic rings. The first-order valence-electron chi connectivity index (χ1n) is 5.71. The van der Waals surface area contributed by atoms with Crippen LogP contribution in [0.25, 0.3) is 0 Å². The number of rotatable bonds is 6. The van der Waals surface area contributed by atoms with Gasteiger partial charge in [-0.25, -0.2) is 0 Å². The molecule has 0 bridgehead atoms. The van der Waals surface area contributed by atoms with Crippen molar-refractivity contribution in [2.45, 2.75) is 32.1 Å². The van der Waals surface area contributed by atoms with E-state index < -0.39 is 0 Å². The predicted molar refractivity (Wildman–Crippen MR) is 68.0 cm³/mol. The second-order valence-corrected chi connectivity index (χ2v) is 3.76. The molecule has 0 aliphatic heterocycles. The van der Waals surface area contributed by atoms with E-state index in [1.165, 1.54) is 18.4 Å². The van der Waals surface area contributed by atoms with E-state index in [2.05, 4.69) is 56.0 Å². The van der Waals surface area contributed by atoms with E-state index >= 15 is 0 Å². The van der Waals surface area contributed by atoms with Gasteiger partial charge in [0.1, 0.15) is 0 Å². The topological polar surface area (TPSA) is 0 Å². The van der Waals surface area contributed by atoms with Crippen LogP contribution < -0.4 is 0 Å². The first kappa shape index (κ1) is 11.8. The molecule has 0 fully saturated rings. The van der Waals surface area contributed by atoms with Gasteiger partial charge in [-0.15, -0.1) is 6.58 Å². The average Bonchev–Trinajstić information content (AvgIpc) is 2.29. The molecule has 15 heavy (non-hydrogen) atoms. The van der Waals surface area contributed by atoms with Crippen molar-refractivity contribution in [1.29, 1.82) is 0 Å². The fourth-order valence-corrected chi connectivity index (χ4v) is 1.63. The Bertz CT molecular complexity index is 295. The van der Waals surface area contributed by atoms with Crippen molar-refractivity contribution >= 4 is 0 Å². The minimum absolute atomic E-state index is 0.496. The highest BCUT2D eigenvalue weighted by Gasteiger charge is 2.04. The molecule has 0 spiro atoms. The van der Waals surface area contributed by atoms with E-state index in [1.54, 1.807) is 0 Å². The largest absolute Gasteiger partial charge is 0.103 e. The van der Waals surface area contributed by atoms with Crippen LogP contribution in [0.3, 0.4) is 0 Å². The monoisotopic (exact) mass is 200 g/mol.